The Kier molecular flexibility index (Phi) is 4.30. The molecule has 3 nitrogen and oxygen atoms in total. The topological polar surface area (TPSA) is 38.3 Å². The van der Waals surface area contributed by atoms with Gasteiger partial charge in [-0.15, -0.1) is 0 Å². The Morgan fingerprint density at radius 2 is 1.75 bits per heavy atom. The first-order valence-electron chi connectivity index (χ1n) is 6.23. The zero-order valence-electron chi connectivity index (χ0n) is 11.7. The van der Waals surface area contributed by atoms with Crippen molar-refractivity contribution in [3.63, 3.8) is 0 Å². The van der Waals surface area contributed by atoms with Crippen molar-refractivity contribution in [3.05, 3.63) is 58.1 Å². The first-order chi connectivity index (χ1) is 9.49. The molecular formula is C16H16ClNO2. The van der Waals surface area contributed by atoms with E-state index in [-0.39, 0.29) is 5.91 Å². The largest absolute Gasteiger partial charge is 0.495 e. The molecule has 0 atom stereocenters. The average molecular weight is 290 g/mol. The van der Waals surface area contributed by atoms with Gasteiger partial charge in [0, 0.05) is 10.6 Å². The van der Waals surface area contributed by atoms with Gasteiger partial charge in [0.1, 0.15) is 5.75 Å². The molecule has 2 aromatic carbocycles. The lowest BCUT2D eigenvalue weighted by Crippen LogP contribution is -2.13. The van der Waals surface area contributed by atoms with E-state index in [1.165, 1.54) is 0 Å². The van der Waals surface area contributed by atoms with E-state index in [4.69, 9.17) is 16.3 Å². The lowest BCUT2D eigenvalue weighted by atomic mass is 10.1. The van der Waals surface area contributed by atoms with Crippen molar-refractivity contribution in [1.82, 2.24) is 0 Å². The Morgan fingerprint density at radius 3 is 2.35 bits per heavy atom. The lowest BCUT2D eigenvalue weighted by molar-refractivity contribution is 0.102. The van der Waals surface area contributed by atoms with Gasteiger partial charge < -0.3 is 10.1 Å². The van der Waals surface area contributed by atoms with Crippen LogP contribution in [0.5, 0.6) is 5.75 Å². The maximum atomic E-state index is 12.3. The molecule has 0 unspecified atom stereocenters. The van der Waals surface area contributed by atoms with Gasteiger partial charge in [-0.3, -0.25) is 4.79 Å². The number of benzene rings is 2. The summed E-state index contributed by atoms with van der Waals surface area (Å²) in [5.74, 6) is 0.393. The highest BCUT2D eigenvalue weighted by Crippen LogP contribution is 2.28. The van der Waals surface area contributed by atoms with E-state index in [1.54, 1.807) is 25.3 Å². The fourth-order valence-corrected chi connectivity index (χ4v) is 2.25. The molecule has 0 aliphatic carbocycles. The third-order valence-corrected chi connectivity index (χ3v) is 3.13. The van der Waals surface area contributed by atoms with Gasteiger partial charge in [0.05, 0.1) is 12.8 Å². The van der Waals surface area contributed by atoms with Gasteiger partial charge in [0.15, 0.2) is 0 Å². The maximum absolute atomic E-state index is 12.3. The summed E-state index contributed by atoms with van der Waals surface area (Å²) in [6.45, 7) is 3.92. The van der Waals surface area contributed by atoms with Crippen LogP contribution in [-0.2, 0) is 0 Å². The maximum Gasteiger partial charge on any atom is 0.255 e. The highest BCUT2D eigenvalue weighted by atomic mass is 35.5. The molecule has 0 aromatic heterocycles. The van der Waals surface area contributed by atoms with Gasteiger partial charge in [-0.05, 0) is 44.2 Å². The van der Waals surface area contributed by atoms with Crippen molar-refractivity contribution in [2.45, 2.75) is 13.8 Å². The molecule has 104 valence electrons. The molecule has 0 spiro atoms. The first-order valence-corrected chi connectivity index (χ1v) is 6.60. The summed E-state index contributed by atoms with van der Waals surface area (Å²) in [5.41, 5.74) is 3.27. The summed E-state index contributed by atoms with van der Waals surface area (Å²) in [6, 6.07) is 10.8. The average Bonchev–Trinajstić information content (AvgIpc) is 2.37. The zero-order chi connectivity index (χ0) is 14.7. The molecule has 1 amide bonds. The molecule has 0 saturated heterocycles. The number of rotatable bonds is 3. The van der Waals surface area contributed by atoms with Crippen LogP contribution < -0.4 is 10.1 Å². The van der Waals surface area contributed by atoms with E-state index in [2.05, 4.69) is 5.32 Å². The molecule has 0 radical (unpaired) electrons. The van der Waals surface area contributed by atoms with Crippen molar-refractivity contribution in [1.29, 1.82) is 0 Å². The fourth-order valence-electron chi connectivity index (χ4n) is 2.08. The molecule has 0 fully saturated rings. The van der Waals surface area contributed by atoms with Crippen molar-refractivity contribution in [2.75, 3.05) is 12.4 Å². The second-order valence-electron chi connectivity index (χ2n) is 4.68. The first kappa shape index (κ1) is 14.4. The summed E-state index contributed by atoms with van der Waals surface area (Å²) >= 11 is 5.95. The number of methoxy groups -OCH3 is 1. The summed E-state index contributed by atoms with van der Waals surface area (Å²) in [4.78, 5) is 12.3. The van der Waals surface area contributed by atoms with Gasteiger partial charge in [-0.1, -0.05) is 28.8 Å². The van der Waals surface area contributed by atoms with Crippen molar-refractivity contribution < 1.29 is 9.53 Å². The predicted molar refractivity (Wildman–Crippen MR) is 81.9 cm³/mol. The van der Waals surface area contributed by atoms with Crippen LogP contribution in [0.2, 0.25) is 5.02 Å². The van der Waals surface area contributed by atoms with Crippen LogP contribution in [-0.4, -0.2) is 13.0 Å². The van der Waals surface area contributed by atoms with Crippen LogP contribution in [0.3, 0.4) is 0 Å². The second kappa shape index (κ2) is 5.97. The van der Waals surface area contributed by atoms with Gasteiger partial charge in [-0.2, -0.15) is 0 Å². The minimum atomic E-state index is -0.183. The molecule has 20 heavy (non-hydrogen) atoms. The molecule has 0 saturated carbocycles. The Bertz CT molecular complexity index is 633. The lowest BCUT2D eigenvalue weighted by Gasteiger charge is -2.11. The third-order valence-electron chi connectivity index (χ3n) is 2.89. The number of hydrogen-bond acceptors (Lipinski definition) is 2. The molecule has 1 N–H and O–H groups in total. The van der Waals surface area contributed by atoms with E-state index >= 15 is 0 Å². The smallest absolute Gasteiger partial charge is 0.255 e. The Labute approximate surface area is 123 Å². The van der Waals surface area contributed by atoms with Crippen LogP contribution in [0.15, 0.2) is 36.4 Å². The number of carbonyl (C=O) groups excluding carboxylic acids is 1. The number of ether oxygens (including phenoxy) is 1. The van der Waals surface area contributed by atoms with Crippen LogP contribution in [0.25, 0.3) is 0 Å². The summed E-state index contributed by atoms with van der Waals surface area (Å²) in [6.07, 6.45) is 0. The Hall–Kier alpha value is -2.00. The number of carbonyl (C=O) groups is 1. The van der Waals surface area contributed by atoms with Crippen LogP contribution in [0.4, 0.5) is 5.69 Å². The molecule has 0 aliphatic heterocycles. The van der Waals surface area contributed by atoms with Crippen LogP contribution >= 0.6 is 11.6 Å². The van der Waals surface area contributed by atoms with Gasteiger partial charge in [-0.25, -0.2) is 0 Å². The van der Waals surface area contributed by atoms with E-state index in [1.807, 2.05) is 32.0 Å². The minimum Gasteiger partial charge on any atom is -0.495 e. The summed E-state index contributed by atoms with van der Waals surface area (Å²) in [5, 5.41) is 3.37. The molecule has 4 heteroatoms. The van der Waals surface area contributed by atoms with E-state index in [0.717, 1.165) is 11.1 Å². The number of amides is 1. The SMILES string of the molecule is COc1ccc(Cl)cc1NC(=O)c1cc(C)cc(C)c1. The summed E-state index contributed by atoms with van der Waals surface area (Å²) < 4.78 is 5.21. The normalized spacial score (nSPS) is 10.2. The zero-order valence-corrected chi connectivity index (χ0v) is 12.4. The molecular weight excluding hydrogens is 274 g/mol. The predicted octanol–water partition coefficient (Wildman–Crippen LogP) is 4.22. The van der Waals surface area contributed by atoms with Crippen molar-refractivity contribution in [3.8, 4) is 5.75 Å². The number of anilines is 1. The van der Waals surface area contributed by atoms with Crippen LogP contribution in [0, 0.1) is 13.8 Å². The number of hydrogen-bond donors (Lipinski definition) is 1. The van der Waals surface area contributed by atoms with Crippen molar-refractivity contribution >= 4 is 23.2 Å². The second-order valence-corrected chi connectivity index (χ2v) is 5.11. The molecule has 2 aromatic rings. The van der Waals surface area contributed by atoms with E-state index in [0.29, 0.717) is 22.0 Å². The minimum absolute atomic E-state index is 0.183. The van der Waals surface area contributed by atoms with E-state index < -0.39 is 0 Å². The third kappa shape index (κ3) is 3.31. The summed E-state index contributed by atoms with van der Waals surface area (Å²) in [7, 11) is 1.55. The Morgan fingerprint density at radius 1 is 1.10 bits per heavy atom. The highest BCUT2D eigenvalue weighted by molar-refractivity contribution is 6.31. The molecule has 0 heterocycles. The van der Waals surface area contributed by atoms with E-state index in [9.17, 15) is 4.79 Å². The standard InChI is InChI=1S/C16H16ClNO2/c1-10-6-11(2)8-12(7-10)16(19)18-14-9-13(17)4-5-15(14)20-3/h4-9H,1-3H3,(H,18,19). The van der Waals surface area contributed by atoms with Crippen LogP contribution in [0.1, 0.15) is 21.5 Å². The van der Waals surface area contributed by atoms with Gasteiger partial charge in [0.25, 0.3) is 5.91 Å². The van der Waals surface area contributed by atoms with Gasteiger partial charge >= 0.3 is 0 Å². The Balaban J connectivity index is 2.29. The van der Waals surface area contributed by atoms with Gasteiger partial charge in [0.2, 0.25) is 0 Å². The fraction of sp³-hybridized carbons (Fsp3) is 0.188. The quantitative estimate of drug-likeness (QED) is 0.919. The molecule has 0 aliphatic rings. The molecule has 0 bridgehead atoms. The number of nitrogens with one attached hydrogen (secondary N) is 1. The monoisotopic (exact) mass is 289 g/mol. The van der Waals surface area contributed by atoms with Crippen molar-refractivity contribution in [2.24, 2.45) is 0 Å². The highest BCUT2D eigenvalue weighted by Gasteiger charge is 2.11. The molecule has 2 rings (SSSR count). The number of aryl methyl sites for hydroxylation is 2. The number of halogens is 1.